The molecule has 2 amide bonds. The number of methoxy groups -OCH3 is 1. The maximum absolute atomic E-state index is 13.9. The molecular weight excluding hydrogens is 522 g/mol. The van der Waals surface area contributed by atoms with Gasteiger partial charge in [0.05, 0.1) is 19.1 Å². The van der Waals surface area contributed by atoms with Gasteiger partial charge in [0, 0.05) is 18.7 Å². The smallest absolute Gasteiger partial charge is 0.244 e. The quantitative estimate of drug-likeness (QED) is 0.449. The summed E-state index contributed by atoms with van der Waals surface area (Å²) in [5.41, 5.74) is 1.07. The van der Waals surface area contributed by atoms with E-state index in [4.69, 9.17) is 14.2 Å². The summed E-state index contributed by atoms with van der Waals surface area (Å²) in [6.07, 6.45) is 6.55. The second-order valence-corrected chi connectivity index (χ2v) is 11.9. The Hall–Kier alpha value is -3.47. The minimum absolute atomic E-state index is 0.0422. The number of rotatable bonds is 11. The number of sulfonamides is 1. The largest absolute Gasteiger partial charge is 0.497 e. The summed E-state index contributed by atoms with van der Waals surface area (Å²) in [5, 5.41) is 3.14. The number of anilines is 1. The molecule has 1 fully saturated rings. The van der Waals surface area contributed by atoms with Gasteiger partial charge >= 0.3 is 0 Å². The van der Waals surface area contributed by atoms with Crippen LogP contribution >= 0.6 is 0 Å². The molecule has 0 radical (unpaired) electrons. The van der Waals surface area contributed by atoms with Crippen molar-refractivity contribution in [3.63, 3.8) is 0 Å². The Labute approximate surface area is 230 Å². The van der Waals surface area contributed by atoms with E-state index in [1.165, 1.54) is 11.0 Å². The van der Waals surface area contributed by atoms with E-state index >= 15 is 0 Å². The number of carbonyl (C=O) groups is 2. The molecule has 2 aliphatic rings. The van der Waals surface area contributed by atoms with Crippen LogP contribution in [0.2, 0.25) is 0 Å². The fourth-order valence-corrected chi connectivity index (χ4v) is 5.89. The standard InChI is InChI=1S/C28H37N3O7S/c1-4-24(28(33)29-21-8-6-5-7-9-21)30(17-20-10-13-23(36-2)14-11-20)27(32)18-31(39(3,34)35)22-12-15-25-26(16-22)38-19-37-25/h10-16,21,24H,4-9,17-19H2,1-3H3,(H,29,33)/t24-/m0/s1. The number of amides is 2. The van der Waals surface area contributed by atoms with Crippen molar-refractivity contribution in [2.75, 3.05) is 31.0 Å². The average molecular weight is 560 g/mol. The predicted molar refractivity (Wildman–Crippen MR) is 147 cm³/mol. The Morgan fingerprint density at radius 1 is 1.05 bits per heavy atom. The lowest BCUT2D eigenvalue weighted by Crippen LogP contribution is -2.53. The zero-order chi connectivity index (χ0) is 28.0. The van der Waals surface area contributed by atoms with E-state index in [2.05, 4.69) is 5.32 Å². The molecule has 10 nitrogen and oxygen atoms in total. The van der Waals surface area contributed by atoms with Gasteiger partial charge in [0.1, 0.15) is 18.3 Å². The van der Waals surface area contributed by atoms with Crippen molar-refractivity contribution < 1.29 is 32.2 Å². The van der Waals surface area contributed by atoms with Crippen LogP contribution in [0.5, 0.6) is 17.2 Å². The van der Waals surface area contributed by atoms with Crippen LogP contribution in [0.1, 0.15) is 51.0 Å². The fourth-order valence-electron chi connectivity index (χ4n) is 5.05. The Bertz CT molecular complexity index is 1260. The van der Waals surface area contributed by atoms with Gasteiger partial charge in [-0.3, -0.25) is 13.9 Å². The van der Waals surface area contributed by atoms with Crippen molar-refractivity contribution in [3.8, 4) is 17.2 Å². The molecule has 1 aliphatic heterocycles. The van der Waals surface area contributed by atoms with Crippen molar-refractivity contribution in [2.24, 2.45) is 0 Å². The summed E-state index contributed by atoms with van der Waals surface area (Å²) in [7, 11) is -2.28. The topological polar surface area (TPSA) is 114 Å². The molecule has 2 aromatic rings. The normalized spacial score (nSPS) is 15.9. The van der Waals surface area contributed by atoms with Crippen LogP contribution in [0.15, 0.2) is 42.5 Å². The van der Waals surface area contributed by atoms with Crippen LogP contribution in [-0.2, 0) is 26.2 Å². The van der Waals surface area contributed by atoms with E-state index in [9.17, 15) is 18.0 Å². The van der Waals surface area contributed by atoms with Crippen molar-refractivity contribution in [1.29, 1.82) is 0 Å². The number of hydrogen-bond acceptors (Lipinski definition) is 7. The van der Waals surface area contributed by atoms with Gasteiger partial charge in [-0.15, -0.1) is 0 Å². The van der Waals surface area contributed by atoms with Gasteiger partial charge in [-0.05, 0) is 49.1 Å². The van der Waals surface area contributed by atoms with Gasteiger partial charge in [0.2, 0.25) is 28.6 Å². The molecule has 0 saturated heterocycles. The molecule has 1 saturated carbocycles. The van der Waals surface area contributed by atoms with Gasteiger partial charge in [0.25, 0.3) is 0 Å². The molecule has 0 aromatic heterocycles. The molecule has 4 rings (SSSR count). The van der Waals surface area contributed by atoms with E-state index in [0.717, 1.165) is 48.2 Å². The first kappa shape index (κ1) is 28.5. The SMILES string of the molecule is CC[C@@H](C(=O)NC1CCCCC1)N(Cc1ccc(OC)cc1)C(=O)CN(c1ccc2c(c1)OCO2)S(C)(=O)=O. The van der Waals surface area contributed by atoms with Crippen molar-refractivity contribution >= 4 is 27.5 Å². The van der Waals surface area contributed by atoms with Gasteiger partial charge in [0.15, 0.2) is 11.5 Å². The molecule has 2 aromatic carbocycles. The fraction of sp³-hybridized carbons (Fsp3) is 0.500. The van der Waals surface area contributed by atoms with E-state index < -0.39 is 28.5 Å². The Morgan fingerprint density at radius 2 is 1.74 bits per heavy atom. The number of hydrogen-bond donors (Lipinski definition) is 1. The molecule has 1 atom stereocenters. The second kappa shape index (κ2) is 12.6. The molecular formula is C28H37N3O7S. The van der Waals surface area contributed by atoms with Gasteiger partial charge < -0.3 is 24.4 Å². The van der Waals surface area contributed by atoms with Crippen molar-refractivity contribution in [3.05, 3.63) is 48.0 Å². The lowest BCUT2D eigenvalue weighted by atomic mass is 9.95. The summed E-state index contributed by atoms with van der Waals surface area (Å²) in [5.74, 6) is 0.872. The summed E-state index contributed by atoms with van der Waals surface area (Å²) in [6.45, 7) is 1.56. The Morgan fingerprint density at radius 3 is 2.38 bits per heavy atom. The van der Waals surface area contributed by atoms with Crippen molar-refractivity contribution in [1.82, 2.24) is 10.2 Å². The first-order valence-corrected chi connectivity index (χ1v) is 15.1. The van der Waals surface area contributed by atoms with Crippen LogP contribution in [0.25, 0.3) is 0 Å². The van der Waals surface area contributed by atoms with E-state index in [0.29, 0.717) is 23.7 Å². The Kier molecular flexibility index (Phi) is 9.21. The summed E-state index contributed by atoms with van der Waals surface area (Å²) < 4.78 is 42.7. The first-order chi connectivity index (χ1) is 18.7. The van der Waals surface area contributed by atoms with Crippen LogP contribution in [0, 0.1) is 0 Å². The number of nitrogens with one attached hydrogen (secondary N) is 1. The maximum atomic E-state index is 13.9. The second-order valence-electron chi connectivity index (χ2n) is 9.94. The summed E-state index contributed by atoms with van der Waals surface area (Å²) in [4.78, 5) is 28.8. The highest BCUT2D eigenvalue weighted by Crippen LogP contribution is 2.36. The zero-order valence-electron chi connectivity index (χ0n) is 22.7. The number of nitrogens with zero attached hydrogens (tertiary/aromatic N) is 2. The minimum atomic E-state index is -3.85. The molecule has 0 unspecified atom stereocenters. The molecule has 1 N–H and O–H groups in total. The Balaban J connectivity index is 1.61. The third-order valence-electron chi connectivity index (χ3n) is 7.17. The lowest BCUT2D eigenvalue weighted by Gasteiger charge is -2.34. The molecule has 0 bridgehead atoms. The van der Waals surface area contributed by atoms with E-state index in [-0.39, 0.29) is 31.0 Å². The van der Waals surface area contributed by atoms with Crippen molar-refractivity contribution in [2.45, 2.75) is 64.1 Å². The maximum Gasteiger partial charge on any atom is 0.244 e. The molecule has 1 heterocycles. The molecule has 212 valence electrons. The number of fused-ring (bicyclic) bond motifs is 1. The monoisotopic (exact) mass is 559 g/mol. The van der Waals surface area contributed by atoms with Gasteiger partial charge in [-0.25, -0.2) is 8.42 Å². The summed E-state index contributed by atoms with van der Waals surface area (Å²) >= 11 is 0. The van der Waals surface area contributed by atoms with Crippen LogP contribution < -0.4 is 23.8 Å². The molecule has 1 aliphatic carbocycles. The molecule has 0 spiro atoms. The number of ether oxygens (including phenoxy) is 3. The highest BCUT2D eigenvalue weighted by molar-refractivity contribution is 7.92. The van der Waals surface area contributed by atoms with Gasteiger partial charge in [-0.1, -0.05) is 38.3 Å². The average Bonchev–Trinajstić information content (AvgIpc) is 3.40. The van der Waals surface area contributed by atoms with Crippen LogP contribution in [0.4, 0.5) is 5.69 Å². The van der Waals surface area contributed by atoms with Crippen LogP contribution in [0.3, 0.4) is 0 Å². The first-order valence-electron chi connectivity index (χ1n) is 13.3. The van der Waals surface area contributed by atoms with Gasteiger partial charge in [-0.2, -0.15) is 0 Å². The minimum Gasteiger partial charge on any atom is -0.497 e. The zero-order valence-corrected chi connectivity index (χ0v) is 23.5. The van der Waals surface area contributed by atoms with Crippen LogP contribution in [-0.4, -0.2) is 63.9 Å². The third kappa shape index (κ3) is 7.14. The molecule has 11 heteroatoms. The highest BCUT2D eigenvalue weighted by Gasteiger charge is 2.33. The van der Waals surface area contributed by atoms with E-state index in [1.54, 1.807) is 31.4 Å². The highest BCUT2D eigenvalue weighted by atomic mass is 32.2. The lowest BCUT2D eigenvalue weighted by molar-refractivity contribution is -0.140. The number of benzene rings is 2. The summed E-state index contributed by atoms with van der Waals surface area (Å²) in [6, 6.07) is 11.3. The molecule has 39 heavy (non-hydrogen) atoms. The number of carbonyl (C=O) groups excluding carboxylic acids is 2. The predicted octanol–water partition coefficient (Wildman–Crippen LogP) is 3.45. The third-order valence-corrected chi connectivity index (χ3v) is 8.31. The van der Waals surface area contributed by atoms with E-state index in [1.807, 2.05) is 19.1 Å².